The molecule has 0 saturated heterocycles. The van der Waals surface area contributed by atoms with Gasteiger partial charge in [0.15, 0.2) is 5.75 Å². The second kappa shape index (κ2) is 5.61. The van der Waals surface area contributed by atoms with E-state index in [2.05, 4.69) is 4.98 Å². The van der Waals surface area contributed by atoms with Gasteiger partial charge in [0.05, 0.1) is 20.6 Å². The van der Waals surface area contributed by atoms with Crippen LogP contribution in [-0.4, -0.2) is 30.9 Å². The largest absolute Gasteiger partial charge is 0.494 e. The highest BCUT2D eigenvalue weighted by Crippen LogP contribution is 2.52. The first-order valence-corrected chi connectivity index (χ1v) is 6.86. The summed E-state index contributed by atoms with van der Waals surface area (Å²) in [6.45, 7) is 0. The Labute approximate surface area is 111 Å². The van der Waals surface area contributed by atoms with Gasteiger partial charge in [0.2, 0.25) is 0 Å². The average Bonchev–Trinajstić information content (AvgIpc) is 3.16. The van der Waals surface area contributed by atoms with Gasteiger partial charge in [-0.25, -0.2) is 4.98 Å². The minimum absolute atomic E-state index is 0.111. The van der Waals surface area contributed by atoms with Crippen molar-refractivity contribution in [3.05, 3.63) is 18.3 Å². The Morgan fingerprint density at radius 2 is 2.28 bits per heavy atom. The number of aromatic nitrogens is 1. The zero-order valence-electron chi connectivity index (χ0n) is 10.6. The standard InChI is InChI=1S/C13H17NO3S/c1-16-10-4-3-7-14-12(10)18-9-13(5-6-13)8-11(15)17-2/h3-4,7H,5-6,8-9H2,1-2H3. The molecule has 0 aliphatic heterocycles. The van der Waals surface area contributed by atoms with Crippen LogP contribution in [0.25, 0.3) is 0 Å². The van der Waals surface area contributed by atoms with Crippen molar-refractivity contribution < 1.29 is 14.3 Å². The molecule has 0 aromatic carbocycles. The first-order chi connectivity index (χ1) is 8.69. The van der Waals surface area contributed by atoms with Gasteiger partial charge in [-0.05, 0) is 30.4 Å². The van der Waals surface area contributed by atoms with Crippen LogP contribution in [0, 0.1) is 5.41 Å². The summed E-state index contributed by atoms with van der Waals surface area (Å²) in [4.78, 5) is 15.6. The van der Waals surface area contributed by atoms with Crippen LogP contribution in [0.2, 0.25) is 0 Å². The molecule has 18 heavy (non-hydrogen) atoms. The number of pyridine rings is 1. The summed E-state index contributed by atoms with van der Waals surface area (Å²) in [5.74, 6) is 1.55. The van der Waals surface area contributed by atoms with E-state index >= 15 is 0 Å². The molecule has 1 fully saturated rings. The van der Waals surface area contributed by atoms with Gasteiger partial charge in [0.25, 0.3) is 0 Å². The molecule has 1 aliphatic carbocycles. The van der Waals surface area contributed by atoms with Crippen LogP contribution in [-0.2, 0) is 9.53 Å². The fourth-order valence-corrected chi connectivity index (χ4v) is 3.05. The van der Waals surface area contributed by atoms with Crippen LogP contribution >= 0.6 is 11.8 Å². The fourth-order valence-electron chi connectivity index (χ4n) is 1.79. The Hall–Kier alpha value is -1.23. The van der Waals surface area contributed by atoms with E-state index < -0.39 is 0 Å². The molecular formula is C13H17NO3S. The number of esters is 1. The van der Waals surface area contributed by atoms with Crippen molar-refractivity contribution in [2.75, 3.05) is 20.0 Å². The van der Waals surface area contributed by atoms with Crippen LogP contribution in [0.3, 0.4) is 0 Å². The molecule has 2 rings (SSSR count). The van der Waals surface area contributed by atoms with Gasteiger partial charge in [-0.1, -0.05) is 0 Å². The number of thioether (sulfide) groups is 1. The number of rotatable bonds is 6. The maximum atomic E-state index is 11.3. The van der Waals surface area contributed by atoms with E-state index in [9.17, 15) is 4.79 Å². The fraction of sp³-hybridized carbons (Fsp3) is 0.538. The molecule has 0 unspecified atom stereocenters. The van der Waals surface area contributed by atoms with E-state index in [0.717, 1.165) is 29.4 Å². The molecule has 0 N–H and O–H groups in total. The predicted octanol–water partition coefficient (Wildman–Crippen LogP) is 2.53. The van der Waals surface area contributed by atoms with E-state index in [0.29, 0.717) is 6.42 Å². The highest BCUT2D eigenvalue weighted by Gasteiger charge is 2.44. The Morgan fingerprint density at radius 1 is 1.50 bits per heavy atom. The smallest absolute Gasteiger partial charge is 0.306 e. The minimum atomic E-state index is -0.124. The molecule has 0 atom stereocenters. The lowest BCUT2D eigenvalue weighted by molar-refractivity contribution is -0.141. The van der Waals surface area contributed by atoms with Gasteiger partial charge >= 0.3 is 5.97 Å². The zero-order chi connectivity index (χ0) is 13.0. The van der Waals surface area contributed by atoms with E-state index in [1.54, 1.807) is 25.1 Å². The summed E-state index contributed by atoms with van der Waals surface area (Å²) >= 11 is 1.65. The number of nitrogens with zero attached hydrogens (tertiary/aromatic N) is 1. The van der Waals surface area contributed by atoms with Gasteiger partial charge in [-0.15, -0.1) is 11.8 Å². The highest BCUT2D eigenvalue weighted by molar-refractivity contribution is 7.99. The molecule has 0 spiro atoms. The lowest BCUT2D eigenvalue weighted by atomic mass is 10.1. The topological polar surface area (TPSA) is 48.4 Å². The van der Waals surface area contributed by atoms with Crippen molar-refractivity contribution >= 4 is 17.7 Å². The summed E-state index contributed by atoms with van der Waals surface area (Å²) in [5.41, 5.74) is 0.111. The molecule has 5 heteroatoms. The number of carbonyl (C=O) groups is 1. The molecule has 1 heterocycles. The van der Waals surface area contributed by atoms with Crippen molar-refractivity contribution in [3.8, 4) is 5.75 Å². The third-order valence-electron chi connectivity index (χ3n) is 3.18. The first kappa shape index (κ1) is 13.2. The third kappa shape index (κ3) is 3.16. The lowest BCUT2D eigenvalue weighted by Crippen LogP contribution is -2.13. The molecule has 4 nitrogen and oxygen atoms in total. The van der Waals surface area contributed by atoms with Crippen LogP contribution < -0.4 is 4.74 Å². The van der Waals surface area contributed by atoms with E-state index in [1.807, 2.05) is 12.1 Å². The van der Waals surface area contributed by atoms with Crippen molar-refractivity contribution in [2.45, 2.75) is 24.3 Å². The Balaban J connectivity index is 1.93. The number of ether oxygens (including phenoxy) is 2. The summed E-state index contributed by atoms with van der Waals surface area (Å²) in [6.07, 6.45) is 4.44. The Bertz CT molecular complexity index is 432. The molecule has 98 valence electrons. The maximum absolute atomic E-state index is 11.3. The average molecular weight is 267 g/mol. The van der Waals surface area contributed by atoms with E-state index in [1.165, 1.54) is 7.11 Å². The van der Waals surface area contributed by atoms with Crippen molar-refractivity contribution in [1.82, 2.24) is 4.98 Å². The normalized spacial score (nSPS) is 16.1. The van der Waals surface area contributed by atoms with Gasteiger partial charge in [-0.3, -0.25) is 4.79 Å². The number of hydrogen-bond acceptors (Lipinski definition) is 5. The van der Waals surface area contributed by atoms with Crippen LogP contribution in [0.4, 0.5) is 0 Å². The molecule has 1 aromatic rings. The first-order valence-electron chi connectivity index (χ1n) is 5.88. The second-order valence-electron chi connectivity index (χ2n) is 4.55. The minimum Gasteiger partial charge on any atom is -0.494 e. The lowest BCUT2D eigenvalue weighted by Gasteiger charge is -2.13. The Kier molecular flexibility index (Phi) is 4.11. The summed E-state index contributed by atoms with van der Waals surface area (Å²) in [6, 6.07) is 3.75. The van der Waals surface area contributed by atoms with E-state index in [-0.39, 0.29) is 11.4 Å². The van der Waals surface area contributed by atoms with Gasteiger partial charge in [0, 0.05) is 11.9 Å². The molecular weight excluding hydrogens is 250 g/mol. The molecule has 0 amide bonds. The maximum Gasteiger partial charge on any atom is 0.306 e. The monoisotopic (exact) mass is 267 g/mol. The SMILES string of the molecule is COC(=O)CC1(CSc2ncccc2OC)CC1. The van der Waals surface area contributed by atoms with Crippen molar-refractivity contribution in [1.29, 1.82) is 0 Å². The van der Waals surface area contributed by atoms with E-state index in [4.69, 9.17) is 9.47 Å². The number of carbonyl (C=O) groups excluding carboxylic acids is 1. The predicted molar refractivity (Wildman–Crippen MR) is 69.8 cm³/mol. The quantitative estimate of drug-likeness (QED) is 0.585. The number of methoxy groups -OCH3 is 2. The molecule has 1 aliphatic rings. The highest BCUT2D eigenvalue weighted by atomic mass is 32.2. The van der Waals surface area contributed by atoms with Crippen LogP contribution in [0.5, 0.6) is 5.75 Å². The van der Waals surface area contributed by atoms with Crippen LogP contribution in [0.1, 0.15) is 19.3 Å². The molecule has 0 radical (unpaired) electrons. The summed E-state index contributed by atoms with van der Waals surface area (Å²) in [5, 5.41) is 0.885. The Morgan fingerprint density at radius 3 is 2.89 bits per heavy atom. The molecule has 0 bridgehead atoms. The second-order valence-corrected chi connectivity index (χ2v) is 5.52. The summed E-state index contributed by atoms with van der Waals surface area (Å²) < 4.78 is 9.99. The molecule has 1 aromatic heterocycles. The van der Waals surface area contributed by atoms with Crippen molar-refractivity contribution in [3.63, 3.8) is 0 Å². The van der Waals surface area contributed by atoms with Crippen molar-refractivity contribution in [2.24, 2.45) is 5.41 Å². The third-order valence-corrected chi connectivity index (χ3v) is 4.51. The van der Waals surface area contributed by atoms with Gasteiger partial charge < -0.3 is 9.47 Å². The van der Waals surface area contributed by atoms with Crippen LogP contribution in [0.15, 0.2) is 23.4 Å². The summed E-state index contributed by atoms with van der Waals surface area (Å²) in [7, 11) is 3.08. The molecule has 1 saturated carbocycles. The van der Waals surface area contributed by atoms with Gasteiger partial charge in [0.1, 0.15) is 5.03 Å². The van der Waals surface area contributed by atoms with Gasteiger partial charge in [-0.2, -0.15) is 0 Å². The number of hydrogen-bond donors (Lipinski definition) is 0. The zero-order valence-corrected chi connectivity index (χ0v) is 11.5.